The number of amides is 1. The number of hydrogen-bond donors (Lipinski definition) is 1. The van der Waals surface area contributed by atoms with Crippen LogP contribution in [0, 0.1) is 0 Å². The monoisotopic (exact) mass is 363 g/mol. The van der Waals surface area contributed by atoms with Gasteiger partial charge in [0.1, 0.15) is 12.6 Å². The zero-order valence-corrected chi connectivity index (χ0v) is 15.6. The topological polar surface area (TPSA) is 83.1 Å². The predicted molar refractivity (Wildman–Crippen MR) is 94.2 cm³/mol. The van der Waals surface area contributed by atoms with Gasteiger partial charge < -0.3 is 24.3 Å². The summed E-state index contributed by atoms with van der Waals surface area (Å²) in [5.41, 5.74) is 0.355. The lowest BCUT2D eigenvalue weighted by atomic mass is 10.2. The molecule has 7 nitrogen and oxygen atoms in total. The molecule has 0 aliphatic rings. The Hall–Kier alpha value is -1.09. The Kier molecular flexibility index (Phi) is 14.7. The highest BCUT2D eigenvalue weighted by atomic mass is 32.2. The third kappa shape index (κ3) is 12.3. The van der Waals surface area contributed by atoms with Crippen molar-refractivity contribution >= 4 is 23.6 Å². The second-order valence-electron chi connectivity index (χ2n) is 4.97. The molecule has 140 valence electrons. The van der Waals surface area contributed by atoms with E-state index in [1.807, 2.05) is 6.26 Å². The van der Waals surface area contributed by atoms with Crippen molar-refractivity contribution < 1.29 is 28.5 Å². The van der Waals surface area contributed by atoms with Crippen LogP contribution in [0.15, 0.2) is 12.2 Å². The maximum Gasteiger partial charge on any atom is 0.328 e. The molecule has 0 saturated heterocycles. The molecule has 0 unspecified atom stereocenters. The van der Waals surface area contributed by atoms with Crippen molar-refractivity contribution in [3.63, 3.8) is 0 Å². The quantitative estimate of drug-likeness (QED) is 0.264. The highest BCUT2D eigenvalue weighted by Gasteiger charge is 2.21. The summed E-state index contributed by atoms with van der Waals surface area (Å²) < 4.78 is 20.5. The molecule has 0 bridgehead atoms. The average molecular weight is 363 g/mol. The van der Waals surface area contributed by atoms with E-state index < -0.39 is 12.0 Å². The number of carbonyl (C=O) groups is 2. The molecule has 0 aromatic heterocycles. The molecule has 0 aromatic carbocycles. The number of thioether (sulfide) groups is 1. The summed E-state index contributed by atoms with van der Waals surface area (Å²) in [6, 6.07) is -0.668. The number of ether oxygens (including phenoxy) is 4. The van der Waals surface area contributed by atoms with Gasteiger partial charge in [-0.3, -0.25) is 4.79 Å². The third-order valence-electron chi connectivity index (χ3n) is 2.86. The van der Waals surface area contributed by atoms with Gasteiger partial charge in [-0.1, -0.05) is 6.58 Å². The van der Waals surface area contributed by atoms with Gasteiger partial charge in [-0.25, -0.2) is 4.79 Å². The van der Waals surface area contributed by atoms with E-state index in [1.54, 1.807) is 25.8 Å². The van der Waals surface area contributed by atoms with Crippen LogP contribution in [0.3, 0.4) is 0 Å². The lowest BCUT2D eigenvalue weighted by molar-refractivity contribution is -0.149. The highest BCUT2D eigenvalue weighted by Crippen LogP contribution is 2.04. The van der Waals surface area contributed by atoms with Gasteiger partial charge in [0.15, 0.2) is 0 Å². The van der Waals surface area contributed by atoms with Crippen molar-refractivity contribution in [2.45, 2.75) is 19.4 Å². The van der Waals surface area contributed by atoms with E-state index >= 15 is 0 Å². The van der Waals surface area contributed by atoms with Gasteiger partial charge in [-0.15, -0.1) is 0 Å². The van der Waals surface area contributed by atoms with Crippen molar-refractivity contribution in [2.75, 3.05) is 58.8 Å². The Labute approximate surface area is 148 Å². The number of nitrogens with one attached hydrogen (secondary N) is 1. The highest BCUT2D eigenvalue weighted by molar-refractivity contribution is 7.98. The molecule has 8 heteroatoms. The van der Waals surface area contributed by atoms with Crippen LogP contribution < -0.4 is 5.32 Å². The zero-order valence-electron chi connectivity index (χ0n) is 14.8. The van der Waals surface area contributed by atoms with Crippen LogP contribution in [-0.4, -0.2) is 76.7 Å². The summed E-state index contributed by atoms with van der Waals surface area (Å²) in [5.74, 6) is -0.0629. The molecule has 0 heterocycles. The van der Waals surface area contributed by atoms with Crippen molar-refractivity contribution in [1.29, 1.82) is 0 Å². The molecule has 24 heavy (non-hydrogen) atoms. The molecule has 1 atom stereocenters. The lowest BCUT2D eigenvalue weighted by Crippen LogP contribution is -2.42. The number of rotatable bonds is 15. The van der Waals surface area contributed by atoms with E-state index in [2.05, 4.69) is 11.9 Å². The normalized spacial score (nSPS) is 11.8. The van der Waals surface area contributed by atoms with Crippen LogP contribution in [-0.2, 0) is 28.5 Å². The standard InChI is InChI=1S/C16H29NO6S/c1-13(2)15(18)17-14(5-12-24-4)16(19)23-11-10-22-9-8-21-7-6-20-3/h14H,1,5-12H2,2-4H3,(H,17,18)/t14-/m0/s1. The summed E-state index contributed by atoms with van der Waals surface area (Å²) in [4.78, 5) is 23.7. The second kappa shape index (κ2) is 15.4. The third-order valence-corrected chi connectivity index (χ3v) is 3.51. The summed E-state index contributed by atoms with van der Waals surface area (Å²) in [6.45, 7) is 7.52. The lowest BCUT2D eigenvalue weighted by Gasteiger charge is -2.17. The Bertz CT molecular complexity index is 378. The Balaban J connectivity index is 3.92. The minimum atomic E-state index is -0.668. The molecular formula is C16H29NO6S. The molecular weight excluding hydrogens is 334 g/mol. The van der Waals surface area contributed by atoms with Gasteiger partial charge in [-0.2, -0.15) is 11.8 Å². The first-order chi connectivity index (χ1) is 11.5. The molecule has 1 N–H and O–H groups in total. The largest absolute Gasteiger partial charge is 0.462 e. The molecule has 0 aromatic rings. The number of methoxy groups -OCH3 is 1. The SMILES string of the molecule is C=C(C)C(=O)N[C@@H](CCSC)C(=O)OCCOCCOCCOC. The minimum absolute atomic E-state index is 0.135. The molecule has 0 aliphatic carbocycles. The molecule has 0 saturated carbocycles. The van der Waals surface area contributed by atoms with Gasteiger partial charge in [0.25, 0.3) is 0 Å². The number of esters is 1. The van der Waals surface area contributed by atoms with Crippen molar-refractivity contribution in [3.8, 4) is 0 Å². The Morgan fingerprint density at radius 2 is 1.67 bits per heavy atom. The smallest absolute Gasteiger partial charge is 0.328 e. The van der Waals surface area contributed by atoms with Crippen LogP contribution in [0.25, 0.3) is 0 Å². The molecule has 0 fully saturated rings. The van der Waals surface area contributed by atoms with Crippen LogP contribution >= 0.6 is 11.8 Å². The van der Waals surface area contributed by atoms with Gasteiger partial charge in [-0.05, 0) is 25.4 Å². The van der Waals surface area contributed by atoms with E-state index in [-0.39, 0.29) is 19.1 Å². The molecule has 0 rings (SSSR count). The summed E-state index contributed by atoms with van der Waals surface area (Å²) in [7, 11) is 1.61. The average Bonchev–Trinajstić information content (AvgIpc) is 2.56. The number of hydrogen-bond acceptors (Lipinski definition) is 7. The van der Waals surface area contributed by atoms with E-state index in [1.165, 1.54) is 0 Å². The van der Waals surface area contributed by atoms with Gasteiger partial charge >= 0.3 is 5.97 Å². The Morgan fingerprint density at radius 1 is 1.08 bits per heavy atom. The van der Waals surface area contributed by atoms with Crippen LogP contribution in [0.1, 0.15) is 13.3 Å². The summed E-state index contributed by atoms with van der Waals surface area (Å²) >= 11 is 1.60. The first-order valence-electron chi connectivity index (χ1n) is 7.79. The first kappa shape index (κ1) is 22.9. The zero-order chi connectivity index (χ0) is 18.2. The number of carbonyl (C=O) groups excluding carboxylic acids is 2. The summed E-state index contributed by atoms with van der Waals surface area (Å²) in [6.07, 6.45) is 2.44. The summed E-state index contributed by atoms with van der Waals surface area (Å²) in [5, 5.41) is 2.63. The fourth-order valence-electron chi connectivity index (χ4n) is 1.53. The van der Waals surface area contributed by atoms with Crippen molar-refractivity contribution in [2.24, 2.45) is 0 Å². The van der Waals surface area contributed by atoms with Crippen LogP contribution in [0.5, 0.6) is 0 Å². The van der Waals surface area contributed by atoms with E-state index in [0.717, 1.165) is 5.75 Å². The van der Waals surface area contributed by atoms with Crippen LogP contribution in [0.4, 0.5) is 0 Å². The molecule has 1 amide bonds. The molecule has 0 radical (unpaired) electrons. The fourth-order valence-corrected chi connectivity index (χ4v) is 2.00. The molecule has 0 spiro atoms. The minimum Gasteiger partial charge on any atom is -0.462 e. The van der Waals surface area contributed by atoms with E-state index in [4.69, 9.17) is 18.9 Å². The van der Waals surface area contributed by atoms with Crippen molar-refractivity contribution in [1.82, 2.24) is 5.32 Å². The van der Waals surface area contributed by atoms with Crippen molar-refractivity contribution in [3.05, 3.63) is 12.2 Å². The second-order valence-corrected chi connectivity index (χ2v) is 5.96. The van der Waals surface area contributed by atoms with Gasteiger partial charge in [0.05, 0.1) is 33.0 Å². The fraction of sp³-hybridized carbons (Fsp3) is 0.750. The Morgan fingerprint density at radius 3 is 2.21 bits per heavy atom. The maximum atomic E-state index is 12.0. The van der Waals surface area contributed by atoms with Crippen LogP contribution in [0.2, 0.25) is 0 Å². The molecule has 0 aliphatic heterocycles. The predicted octanol–water partition coefficient (Wildman–Crippen LogP) is 1.02. The van der Waals surface area contributed by atoms with Gasteiger partial charge in [0.2, 0.25) is 5.91 Å². The van der Waals surface area contributed by atoms with Gasteiger partial charge in [0, 0.05) is 12.7 Å². The van der Waals surface area contributed by atoms with E-state index in [9.17, 15) is 9.59 Å². The maximum absolute atomic E-state index is 12.0. The van der Waals surface area contributed by atoms with E-state index in [0.29, 0.717) is 38.4 Å². The first-order valence-corrected chi connectivity index (χ1v) is 9.18.